The first-order valence-electron chi connectivity index (χ1n) is 6.99. The van der Waals surface area contributed by atoms with Crippen molar-refractivity contribution in [1.82, 2.24) is 10.2 Å². The van der Waals surface area contributed by atoms with E-state index >= 15 is 0 Å². The van der Waals surface area contributed by atoms with Gasteiger partial charge in [-0.15, -0.1) is 0 Å². The van der Waals surface area contributed by atoms with Crippen molar-refractivity contribution >= 4 is 39.6 Å². The lowest BCUT2D eigenvalue weighted by Crippen LogP contribution is -2.38. The van der Waals surface area contributed by atoms with Gasteiger partial charge in [0.05, 0.1) is 11.1 Å². The Morgan fingerprint density at radius 2 is 1.91 bits per heavy atom. The molecule has 1 aromatic rings. The molecule has 0 saturated carbocycles. The summed E-state index contributed by atoms with van der Waals surface area (Å²) >= 11 is 3.26. The van der Waals surface area contributed by atoms with Crippen LogP contribution >= 0.6 is 15.9 Å². The third-order valence-corrected chi connectivity index (χ3v) is 3.96. The summed E-state index contributed by atoms with van der Waals surface area (Å²) in [6.45, 7) is 1.47. The quantitative estimate of drug-likeness (QED) is 0.723. The lowest BCUT2D eigenvalue weighted by atomic mass is 10.1. The second-order valence-electron chi connectivity index (χ2n) is 5.18. The number of halogens is 1. The third-order valence-electron chi connectivity index (χ3n) is 3.47. The Kier molecular flexibility index (Phi) is 5.15. The number of carbonyl (C=O) groups is 4. The van der Waals surface area contributed by atoms with Gasteiger partial charge in [0.1, 0.15) is 6.04 Å². The van der Waals surface area contributed by atoms with Crippen LogP contribution in [0, 0.1) is 0 Å². The summed E-state index contributed by atoms with van der Waals surface area (Å²) < 4.78 is 0.710. The number of nitrogens with zero attached hydrogens (tertiary/aromatic N) is 1. The van der Waals surface area contributed by atoms with Gasteiger partial charge in [-0.2, -0.15) is 0 Å². The highest BCUT2D eigenvalue weighted by Crippen LogP contribution is 2.26. The second kappa shape index (κ2) is 6.91. The minimum absolute atomic E-state index is 0.0364. The number of fused-ring (bicyclic) bond motifs is 1. The smallest absolute Gasteiger partial charge is 0.325 e. The van der Waals surface area contributed by atoms with Gasteiger partial charge in [-0.05, 0) is 31.5 Å². The van der Waals surface area contributed by atoms with Crippen LogP contribution in [0.15, 0.2) is 22.7 Å². The summed E-state index contributed by atoms with van der Waals surface area (Å²) in [5, 5.41) is 11.0. The summed E-state index contributed by atoms with van der Waals surface area (Å²) in [4.78, 5) is 47.7. The molecule has 0 aromatic heterocycles. The zero-order valence-electron chi connectivity index (χ0n) is 12.3. The molecule has 0 radical (unpaired) electrons. The molecule has 1 heterocycles. The van der Waals surface area contributed by atoms with E-state index in [0.717, 1.165) is 4.90 Å². The van der Waals surface area contributed by atoms with E-state index < -0.39 is 17.9 Å². The molecule has 1 aromatic carbocycles. The van der Waals surface area contributed by atoms with E-state index in [1.165, 1.54) is 6.92 Å². The number of hydrogen-bond acceptors (Lipinski definition) is 4. The largest absolute Gasteiger partial charge is 0.480 e. The molecule has 3 amide bonds. The topological polar surface area (TPSA) is 104 Å². The number of rotatable bonds is 6. The van der Waals surface area contributed by atoms with E-state index in [2.05, 4.69) is 21.2 Å². The molecule has 0 saturated heterocycles. The zero-order valence-corrected chi connectivity index (χ0v) is 13.9. The van der Waals surface area contributed by atoms with E-state index in [9.17, 15) is 19.2 Å². The number of carbonyl (C=O) groups excluding carboxylic acids is 3. The van der Waals surface area contributed by atoms with Crippen LogP contribution in [0.25, 0.3) is 0 Å². The van der Waals surface area contributed by atoms with Crippen molar-refractivity contribution in [3.63, 3.8) is 0 Å². The fourth-order valence-electron chi connectivity index (χ4n) is 2.24. The lowest BCUT2D eigenvalue weighted by molar-refractivity contribution is -0.141. The minimum atomic E-state index is -1.12. The molecule has 8 heteroatoms. The molecule has 1 aliphatic rings. The highest BCUT2D eigenvalue weighted by atomic mass is 79.9. The van der Waals surface area contributed by atoms with Crippen LogP contribution in [0.2, 0.25) is 0 Å². The molecule has 1 atom stereocenters. The molecule has 1 aliphatic heterocycles. The molecule has 122 valence electrons. The first-order valence-corrected chi connectivity index (χ1v) is 7.78. The SMILES string of the molecule is C[C@H](NC(=O)CCCN1C(=O)c2ccc(Br)cc2C1=O)C(=O)O. The molecule has 2 N–H and O–H groups in total. The Morgan fingerprint density at radius 1 is 1.26 bits per heavy atom. The van der Waals surface area contributed by atoms with E-state index in [-0.39, 0.29) is 31.2 Å². The average Bonchev–Trinajstić information content (AvgIpc) is 2.71. The van der Waals surface area contributed by atoms with Gasteiger partial charge in [0, 0.05) is 17.4 Å². The van der Waals surface area contributed by atoms with Gasteiger partial charge >= 0.3 is 5.97 Å². The normalized spacial score (nSPS) is 14.6. The predicted octanol–water partition coefficient (Wildman–Crippen LogP) is 1.41. The van der Waals surface area contributed by atoms with E-state index in [0.29, 0.717) is 15.6 Å². The lowest BCUT2D eigenvalue weighted by Gasteiger charge is -2.14. The van der Waals surface area contributed by atoms with Crippen LogP contribution in [0.4, 0.5) is 0 Å². The van der Waals surface area contributed by atoms with E-state index in [4.69, 9.17) is 5.11 Å². The van der Waals surface area contributed by atoms with Crippen molar-refractivity contribution in [3.05, 3.63) is 33.8 Å². The summed E-state index contributed by atoms with van der Waals surface area (Å²) in [6.07, 6.45) is 0.305. The van der Waals surface area contributed by atoms with Crippen LogP contribution in [-0.2, 0) is 9.59 Å². The molecular formula is C15H15BrN2O5. The number of hydrogen-bond donors (Lipinski definition) is 2. The first kappa shape index (κ1) is 17.1. The van der Waals surface area contributed by atoms with Crippen molar-refractivity contribution in [2.45, 2.75) is 25.8 Å². The van der Waals surface area contributed by atoms with Gasteiger partial charge in [-0.3, -0.25) is 24.1 Å². The highest BCUT2D eigenvalue weighted by molar-refractivity contribution is 9.10. The Morgan fingerprint density at radius 3 is 2.57 bits per heavy atom. The average molecular weight is 383 g/mol. The van der Waals surface area contributed by atoms with Crippen LogP contribution in [0.3, 0.4) is 0 Å². The van der Waals surface area contributed by atoms with Crippen molar-refractivity contribution in [2.24, 2.45) is 0 Å². The molecule has 0 aliphatic carbocycles. The van der Waals surface area contributed by atoms with Crippen LogP contribution in [0.1, 0.15) is 40.5 Å². The number of carboxylic acids is 1. The number of nitrogens with one attached hydrogen (secondary N) is 1. The van der Waals surface area contributed by atoms with Gasteiger partial charge in [0.2, 0.25) is 5.91 Å². The minimum Gasteiger partial charge on any atom is -0.480 e. The maximum Gasteiger partial charge on any atom is 0.325 e. The second-order valence-corrected chi connectivity index (χ2v) is 6.10. The fraction of sp³-hybridized carbons (Fsp3) is 0.333. The van der Waals surface area contributed by atoms with Crippen molar-refractivity contribution in [3.8, 4) is 0 Å². The van der Waals surface area contributed by atoms with Crippen LogP contribution in [0.5, 0.6) is 0 Å². The third kappa shape index (κ3) is 3.76. The molecular weight excluding hydrogens is 368 g/mol. The molecule has 2 rings (SSSR count). The predicted molar refractivity (Wildman–Crippen MR) is 84.0 cm³/mol. The van der Waals surface area contributed by atoms with Crippen LogP contribution < -0.4 is 5.32 Å². The Hall–Kier alpha value is -2.22. The Bertz CT molecular complexity index is 688. The van der Waals surface area contributed by atoms with Crippen molar-refractivity contribution in [1.29, 1.82) is 0 Å². The molecule has 0 unspecified atom stereocenters. The van der Waals surface area contributed by atoms with Crippen LogP contribution in [-0.4, -0.2) is 46.3 Å². The van der Waals surface area contributed by atoms with Crippen molar-refractivity contribution < 1.29 is 24.3 Å². The van der Waals surface area contributed by atoms with Gasteiger partial charge in [0.15, 0.2) is 0 Å². The maximum absolute atomic E-state index is 12.2. The summed E-state index contributed by atoms with van der Waals surface area (Å²) in [5.41, 5.74) is 0.690. The molecule has 0 spiro atoms. The molecule has 0 fully saturated rings. The molecule has 0 bridgehead atoms. The monoisotopic (exact) mass is 382 g/mol. The van der Waals surface area contributed by atoms with Gasteiger partial charge in [-0.1, -0.05) is 15.9 Å². The zero-order chi connectivity index (χ0) is 17.1. The summed E-state index contributed by atoms with van der Waals surface area (Å²) in [6, 6.07) is 3.89. The summed E-state index contributed by atoms with van der Waals surface area (Å²) in [5.74, 6) is -2.31. The van der Waals surface area contributed by atoms with E-state index in [1.54, 1.807) is 18.2 Å². The fourth-order valence-corrected chi connectivity index (χ4v) is 2.60. The summed E-state index contributed by atoms with van der Waals surface area (Å²) in [7, 11) is 0. The number of aliphatic carboxylic acids is 1. The van der Waals surface area contributed by atoms with Gasteiger partial charge in [-0.25, -0.2) is 0 Å². The number of amides is 3. The molecule has 7 nitrogen and oxygen atoms in total. The van der Waals surface area contributed by atoms with Gasteiger partial charge < -0.3 is 10.4 Å². The standard InChI is InChI=1S/C15H15BrN2O5/c1-8(15(22)23)17-12(19)3-2-6-18-13(20)10-5-4-9(16)7-11(10)14(18)21/h4-5,7-8H,2-3,6H2,1H3,(H,17,19)(H,22,23)/t8-/m0/s1. The van der Waals surface area contributed by atoms with Crippen molar-refractivity contribution in [2.75, 3.05) is 6.54 Å². The number of benzene rings is 1. The Balaban J connectivity index is 1.90. The molecule has 23 heavy (non-hydrogen) atoms. The number of imide groups is 1. The van der Waals surface area contributed by atoms with Gasteiger partial charge in [0.25, 0.3) is 11.8 Å². The highest BCUT2D eigenvalue weighted by Gasteiger charge is 2.35. The first-order chi connectivity index (χ1) is 10.8. The Labute approximate surface area is 140 Å². The maximum atomic E-state index is 12.2. The number of carboxylic acid groups (broad SMARTS) is 1. The van der Waals surface area contributed by atoms with E-state index in [1.807, 2.05) is 0 Å².